The molecule has 0 fully saturated rings. The molecule has 9 heteroatoms. The Bertz CT molecular complexity index is 1470. The fourth-order valence-electron chi connectivity index (χ4n) is 3.74. The summed E-state index contributed by atoms with van der Waals surface area (Å²) in [5, 5.41) is 0. The molecule has 0 unspecified atom stereocenters. The summed E-state index contributed by atoms with van der Waals surface area (Å²) in [6, 6.07) is 22.2. The molecule has 3 aromatic carbocycles. The third-order valence-corrected chi connectivity index (χ3v) is 5.97. The van der Waals surface area contributed by atoms with Crippen LogP contribution in [0.15, 0.2) is 91.3 Å². The molecule has 0 N–H and O–H groups in total. The zero-order chi connectivity index (χ0) is 28.5. The second kappa shape index (κ2) is 13.2. The summed E-state index contributed by atoms with van der Waals surface area (Å²) < 4.78 is 24.0. The van der Waals surface area contributed by atoms with Gasteiger partial charge in [0.2, 0.25) is 0 Å². The van der Waals surface area contributed by atoms with Crippen LogP contribution in [-0.4, -0.2) is 46.3 Å². The van der Waals surface area contributed by atoms with Crippen LogP contribution >= 0.6 is 0 Å². The molecule has 0 aliphatic heterocycles. The summed E-state index contributed by atoms with van der Waals surface area (Å²) >= 11 is 0. The topological polar surface area (TPSA) is 78.2 Å². The van der Waals surface area contributed by atoms with Gasteiger partial charge in [0.1, 0.15) is 12.4 Å². The monoisotopic (exact) mass is 537 g/mol. The van der Waals surface area contributed by atoms with Gasteiger partial charge in [-0.15, -0.1) is 0 Å². The number of esters is 2. The molecule has 4 rings (SSSR count). The number of aromatic nitrogens is 1. The fraction of sp³-hybridized carbons (Fsp3) is 0.161. The van der Waals surface area contributed by atoms with Crippen molar-refractivity contribution in [1.82, 2.24) is 0 Å². The van der Waals surface area contributed by atoms with Crippen molar-refractivity contribution in [3.05, 3.63) is 108 Å². The molecule has 0 saturated heterocycles. The third-order valence-electron chi connectivity index (χ3n) is 5.97. The molecule has 4 aromatic rings. The first kappa shape index (κ1) is 28.1. The van der Waals surface area contributed by atoms with Gasteiger partial charge >= 0.3 is 118 Å². The molecule has 0 bridgehead atoms. The summed E-state index contributed by atoms with van der Waals surface area (Å²) in [5.41, 5.74) is 2.53. The SMILES string of the molecule is B=COc1ccc(C(=O)Oc2ccc(OC(=O)c3ccc(OCC[n+]4ccc(N(C)C)cc4)cc3)c(C)c2)cc1. The summed E-state index contributed by atoms with van der Waals surface area (Å²) in [6.45, 7) is 2.95. The van der Waals surface area contributed by atoms with Crippen LogP contribution in [0.5, 0.6) is 23.0 Å². The Morgan fingerprint density at radius 2 is 1.38 bits per heavy atom. The predicted molar refractivity (Wildman–Crippen MR) is 154 cm³/mol. The first-order valence-electron chi connectivity index (χ1n) is 12.6. The number of pyridine rings is 1. The van der Waals surface area contributed by atoms with Crippen LogP contribution in [0, 0.1) is 6.92 Å². The Hall–Kier alpha value is -4.92. The second-order valence-corrected chi connectivity index (χ2v) is 9.08. The molecule has 0 aliphatic carbocycles. The number of benzene rings is 3. The first-order valence-corrected chi connectivity index (χ1v) is 12.6. The molecule has 40 heavy (non-hydrogen) atoms. The van der Waals surface area contributed by atoms with Crippen molar-refractivity contribution in [3.63, 3.8) is 0 Å². The minimum atomic E-state index is -0.516. The van der Waals surface area contributed by atoms with E-state index in [0.29, 0.717) is 52.8 Å². The van der Waals surface area contributed by atoms with E-state index in [0.717, 1.165) is 5.69 Å². The van der Waals surface area contributed by atoms with Crippen molar-refractivity contribution >= 4 is 31.3 Å². The number of aryl methyl sites for hydroxylation is 1. The van der Waals surface area contributed by atoms with Gasteiger partial charge in [-0.2, -0.15) is 0 Å². The van der Waals surface area contributed by atoms with Crippen molar-refractivity contribution in [2.45, 2.75) is 13.5 Å². The van der Waals surface area contributed by atoms with Crippen molar-refractivity contribution in [3.8, 4) is 23.0 Å². The van der Waals surface area contributed by atoms with E-state index >= 15 is 0 Å². The molecule has 0 spiro atoms. The predicted octanol–water partition coefficient (Wildman–Crippen LogP) is 3.91. The number of nitrogens with zero attached hydrogens (tertiary/aromatic N) is 2. The van der Waals surface area contributed by atoms with Crippen LogP contribution in [0.3, 0.4) is 0 Å². The van der Waals surface area contributed by atoms with Crippen molar-refractivity contribution in [2.75, 3.05) is 25.6 Å². The number of carbonyl (C=O) groups is 2. The van der Waals surface area contributed by atoms with Crippen molar-refractivity contribution in [1.29, 1.82) is 0 Å². The first-order chi connectivity index (χ1) is 19.3. The molecular weight excluding hydrogens is 507 g/mol. The van der Waals surface area contributed by atoms with E-state index in [1.807, 2.05) is 48.1 Å². The maximum absolute atomic E-state index is 12.7. The van der Waals surface area contributed by atoms with Crippen LogP contribution in [0.25, 0.3) is 0 Å². The standard InChI is InChI=1S/C31H30BN2O6/c1-22-20-28(39-30(35)23-6-10-27(11-7-23)38-21-32)12-13-29(22)40-31(36)24-4-8-26(9-5-24)37-19-18-34-16-14-25(15-17-34)33(2)3/h4-17,20-21,32H,18-19H2,1-3H3/q+1. The Balaban J connectivity index is 1.28. The van der Waals surface area contributed by atoms with E-state index in [1.54, 1.807) is 73.7 Å². The third kappa shape index (κ3) is 7.57. The number of rotatable bonds is 11. The van der Waals surface area contributed by atoms with Crippen LogP contribution in [-0.2, 0) is 6.54 Å². The Labute approximate surface area is 234 Å². The average molecular weight is 537 g/mol. The summed E-state index contributed by atoms with van der Waals surface area (Å²) in [6.07, 6.45) is 5.33. The van der Waals surface area contributed by atoms with E-state index in [4.69, 9.17) is 18.9 Å². The zero-order valence-electron chi connectivity index (χ0n) is 22.7. The molecule has 1 aromatic heterocycles. The van der Waals surface area contributed by atoms with E-state index < -0.39 is 11.9 Å². The number of anilines is 1. The molecular formula is C31H30BN2O6+. The van der Waals surface area contributed by atoms with Crippen LogP contribution in [0.4, 0.5) is 5.69 Å². The molecule has 0 atom stereocenters. The minimum absolute atomic E-state index is 0.335. The molecule has 0 amide bonds. The van der Waals surface area contributed by atoms with E-state index in [-0.39, 0.29) is 0 Å². The van der Waals surface area contributed by atoms with Crippen molar-refractivity contribution < 1.29 is 33.1 Å². The van der Waals surface area contributed by atoms with Gasteiger partial charge in [-0.1, -0.05) is 0 Å². The fourth-order valence-corrected chi connectivity index (χ4v) is 3.74. The Morgan fingerprint density at radius 1 is 0.800 bits per heavy atom. The summed E-state index contributed by atoms with van der Waals surface area (Å²) in [7, 11) is 7.50. The summed E-state index contributed by atoms with van der Waals surface area (Å²) in [4.78, 5) is 27.2. The van der Waals surface area contributed by atoms with E-state index in [2.05, 4.69) is 7.49 Å². The molecule has 1 heterocycles. The van der Waals surface area contributed by atoms with Gasteiger partial charge in [-0.05, 0) is 24.3 Å². The molecule has 0 aliphatic rings. The van der Waals surface area contributed by atoms with Gasteiger partial charge in [-0.25, -0.2) is 9.36 Å². The summed E-state index contributed by atoms with van der Waals surface area (Å²) in [5.74, 6) is 0.912. The van der Waals surface area contributed by atoms with E-state index in [9.17, 15) is 9.59 Å². The molecule has 8 nitrogen and oxygen atoms in total. The second-order valence-electron chi connectivity index (χ2n) is 9.08. The van der Waals surface area contributed by atoms with Crippen molar-refractivity contribution in [2.24, 2.45) is 0 Å². The number of ether oxygens (including phenoxy) is 4. The normalized spacial score (nSPS) is 10.3. The van der Waals surface area contributed by atoms with E-state index in [1.165, 1.54) is 6.15 Å². The zero-order valence-corrected chi connectivity index (χ0v) is 22.7. The van der Waals surface area contributed by atoms with Gasteiger partial charge in [0, 0.05) is 31.9 Å². The quantitative estimate of drug-likeness (QED) is 0.124. The van der Waals surface area contributed by atoms with Crippen LogP contribution < -0.4 is 28.4 Å². The Kier molecular flexibility index (Phi) is 9.30. The van der Waals surface area contributed by atoms with Gasteiger partial charge in [0.05, 0.1) is 5.56 Å². The Morgan fingerprint density at radius 3 is 1.95 bits per heavy atom. The molecule has 0 radical (unpaired) electrons. The van der Waals surface area contributed by atoms with Crippen LogP contribution in [0.1, 0.15) is 26.3 Å². The molecule has 202 valence electrons. The van der Waals surface area contributed by atoms with Gasteiger partial charge < -0.3 is 14.4 Å². The van der Waals surface area contributed by atoms with Crippen LogP contribution in [0.2, 0.25) is 0 Å². The average Bonchev–Trinajstić information content (AvgIpc) is 2.95. The van der Waals surface area contributed by atoms with Gasteiger partial charge in [0.15, 0.2) is 18.9 Å². The number of hydrogen-bond acceptors (Lipinski definition) is 7. The molecule has 0 saturated carbocycles. The van der Waals surface area contributed by atoms with Gasteiger partial charge in [0.25, 0.3) is 0 Å². The number of carbonyl (C=O) groups excluding carboxylic acids is 2. The van der Waals surface area contributed by atoms with Gasteiger partial charge in [-0.3, -0.25) is 0 Å². The number of hydrogen-bond donors (Lipinski definition) is 0. The maximum atomic E-state index is 12.7.